The highest BCUT2D eigenvalue weighted by Crippen LogP contribution is 2.24. The van der Waals surface area contributed by atoms with Gasteiger partial charge in [0.05, 0.1) is 22.8 Å². The zero-order valence-corrected chi connectivity index (χ0v) is 12.1. The first-order valence-corrected chi connectivity index (χ1v) is 6.61. The molecular formula is C14H14ClN3S. The Morgan fingerprint density at radius 2 is 2.16 bits per heavy atom. The molecule has 2 rings (SSSR count). The molecule has 0 saturated carbocycles. The van der Waals surface area contributed by atoms with Crippen LogP contribution in [0.1, 0.15) is 16.8 Å². The molecule has 19 heavy (non-hydrogen) atoms. The highest BCUT2D eigenvalue weighted by atomic mass is 35.5. The Hall–Kier alpha value is -1.65. The van der Waals surface area contributed by atoms with Gasteiger partial charge >= 0.3 is 0 Å². The Bertz CT molecular complexity index is 613. The largest absolute Gasteiger partial charge is 0.389 e. The van der Waals surface area contributed by atoms with Crippen LogP contribution >= 0.6 is 23.8 Å². The van der Waals surface area contributed by atoms with Crippen LogP contribution in [0.5, 0.6) is 0 Å². The summed E-state index contributed by atoms with van der Waals surface area (Å²) in [5.74, 6) is 0. The molecule has 0 atom stereocenters. The van der Waals surface area contributed by atoms with Crippen molar-refractivity contribution in [3.63, 3.8) is 0 Å². The van der Waals surface area contributed by atoms with Crippen LogP contribution in [0.3, 0.4) is 0 Å². The van der Waals surface area contributed by atoms with Crippen LogP contribution in [-0.4, -0.2) is 9.97 Å². The normalized spacial score (nSPS) is 10.2. The number of hydrogen-bond acceptors (Lipinski definition) is 3. The van der Waals surface area contributed by atoms with Gasteiger partial charge in [-0.05, 0) is 30.7 Å². The molecule has 0 aliphatic rings. The molecule has 1 aromatic carbocycles. The van der Waals surface area contributed by atoms with E-state index in [2.05, 4.69) is 10.3 Å². The number of aryl methyl sites for hydroxylation is 1. The van der Waals surface area contributed by atoms with Gasteiger partial charge < -0.3 is 11.1 Å². The van der Waals surface area contributed by atoms with Gasteiger partial charge in [-0.25, -0.2) is 0 Å². The summed E-state index contributed by atoms with van der Waals surface area (Å²) in [4.78, 5) is 4.61. The lowest BCUT2D eigenvalue weighted by Gasteiger charge is -2.13. The Balaban J connectivity index is 2.23. The minimum absolute atomic E-state index is 0.283. The molecule has 3 nitrogen and oxygen atoms in total. The van der Waals surface area contributed by atoms with E-state index in [0.29, 0.717) is 17.1 Å². The maximum absolute atomic E-state index is 6.11. The fourth-order valence-corrected chi connectivity index (χ4v) is 2.36. The fourth-order valence-electron chi connectivity index (χ4n) is 1.80. The third-order valence-electron chi connectivity index (χ3n) is 2.82. The Labute approximate surface area is 122 Å². The minimum atomic E-state index is 0.283. The quantitative estimate of drug-likeness (QED) is 0.849. The molecule has 0 radical (unpaired) electrons. The summed E-state index contributed by atoms with van der Waals surface area (Å²) in [6.45, 7) is 2.62. The van der Waals surface area contributed by atoms with Crippen LogP contribution in [0.25, 0.3) is 0 Å². The minimum Gasteiger partial charge on any atom is -0.389 e. The highest BCUT2D eigenvalue weighted by Gasteiger charge is 2.09. The van der Waals surface area contributed by atoms with Crippen LogP contribution in [-0.2, 0) is 6.54 Å². The van der Waals surface area contributed by atoms with Gasteiger partial charge in [-0.3, -0.25) is 4.98 Å². The second-order valence-corrected chi connectivity index (χ2v) is 4.99. The number of hydrogen-bond donors (Lipinski definition) is 2. The van der Waals surface area contributed by atoms with E-state index in [0.717, 1.165) is 16.9 Å². The lowest BCUT2D eigenvalue weighted by Crippen LogP contribution is -2.14. The summed E-state index contributed by atoms with van der Waals surface area (Å²) in [5, 5.41) is 3.83. The SMILES string of the molecule is Cc1cccnc1CNc1cccc(Cl)c1C(N)=S. The number of pyridine rings is 1. The van der Waals surface area contributed by atoms with Gasteiger partial charge in [0, 0.05) is 11.9 Å². The average molecular weight is 292 g/mol. The maximum Gasteiger partial charge on any atom is 0.107 e. The van der Waals surface area contributed by atoms with Gasteiger partial charge in [0.15, 0.2) is 0 Å². The van der Waals surface area contributed by atoms with Crippen LogP contribution in [0.4, 0.5) is 5.69 Å². The topological polar surface area (TPSA) is 50.9 Å². The van der Waals surface area contributed by atoms with E-state index >= 15 is 0 Å². The molecule has 1 heterocycles. The van der Waals surface area contributed by atoms with Gasteiger partial charge in [0.1, 0.15) is 4.99 Å². The highest BCUT2D eigenvalue weighted by molar-refractivity contribution is 7.80. The van der Waals surface area contributed by atoms with Crippen molar-refractivity contribution >= 4 is 34.5 Å². The van der Waals surface area contributed by atoms with E-state index in [-0.39, 0.29) is 4.99 Å². The molecule has 0 aliphatic carbocycles. The number of rotatable bonds is 4. The van der Waals surface area contributed by atoms with Crippen molar-refractivity contribution in [1.29, 1.82) is 0 Å². The van der Waals surface area contributed by atoms with Gasteiger partial charge in [0.25, 0.3) is 0 Å². The van der Waals surface area contributed by atoms with Crippen LogP contribution in [0.15, 0.2) is 36.5 Å². The first kappa shape index (κ1) is 13.8. The summed E-state index contributed by atoms with van der Waals surface area (Å²) in [6, 6.07) is 9.47. The molecule has 0 bridgehead atoms. The van der Waals surface area contributed by atoms with E-state index in [1.54, 1.807) is 12.3 Å². The van der Waals surface area contributed by atoms with Crippen LogP contribution in [0.2, 0.25) is 5.02 Å². The number of nitrogens with zero attached hydrogens (tertiary/aromatic N) is 1. The molecule has 0 unspecified atom stereocenters. The van der Waals surface area contributed by atoms with Gasteiger partial charge in [0.2, 0.25) is 0 Å². The van der Waals surface area contributed by atoms with Crippen LogP contribution in [0, 0.1) is 6.92 Å². The molecule has 0 saturated heterocycles. The molecule has 0 fully saturated rings. The van der Waals surface area contributed by atoms with E-state index < -0.39 is 0 Å². The number of nitrogens with two attached hydrogens (primary N) is 1. The molecule has 5 heteroatoms. The molecule has 0 spiro atoms. The van der Waals surface area contributed by atoms with Crippen molar-refractivity contribution in [3.8, 4) is 0 Å². The van der Waals surface area contributed by atoms with Gasteiger partial charge in [-0.1, -0.05) is 36.0 Å². The second-order valence-electron chi connectivity index (χ2n) is 4.15. The van der Waals surface area contributed by atoms with Crippen molar-refractivity contribution in [2.75, 3.05) is 5.32 Å². The number of anilines is 1. The second kappa shape index (κ2) is 5.99. The van der Waals surface area contributed by atoms with Crippen LogP contribution < -0.4 is 11.1 Å². The number of halogens is 1. The Morgan fingerprint density at radius 1 is 1.37 bits per heavy atom. The zero-order valence-electron chi connectivity index (χ0n) is 10.5. The molecule has 1 aromatic heterocycles. The van der Waals surface area contributed by atoms with Crippen molar-refractivity contribution in [2.24, 2.45) is 5.73 Å². The summed E-state index contributed by atoms with van der Waals surface area (Å²) in [7, 11) is 0. The maximum atomic E-state index is 6.11. The first-order chi connectivity index (χ1) is 9.09. The van der Waals surface area contributed by atoms with Crippen molar-refractivity contribution < 1.29 is 0 Å². The average Bonchev–Trinajstić information content (AvgIpc) is 2.37. The molecule has 3 N–H and O–H groups in total. The monoisotopic (exact) mass is 291 g/mol. The van der Waals surface area contributed by atoms with E-state index in [9.17, 15) is 0 Å². The molecule has 0 amide bonds. The van der Waals surface area contributed by atoms with Gasteiger partial charge in [-0.15, -0.1) is 0 Å². The predicted octanol–water partition coefficient (Wildman–Crippen LogP) is 3.29. The van der Waals surface area contributed by atoms with E-state index in [4.69, 9.17) is 29.6 Å². The van der Waals surface area contributed by atoms with Gasteiger partial charge in [-0.2, -0.15) is 0 Å². The van der Waals surface area contributed by atoms with Crippen molar-refractivity contribution in [1.82, 2.24) is 4.98 Å². The third-order valence-corrected chi connectivity index (χ3v) is 3.34. The molecule has 98 valence electrons. The first-order valence-electron chi connectivity index (χ1n) is 5.82. The molecule has 0 aliphatic heterocycles. The lowest BCUT2D eigenvalue weighted by molar-refractivity contribution is 1.02. The number of benzene rings is 1. The van der Waals surface area contributed by atoms with E-state index in [1.165, 1.54) is 0 Å². The summed E-state index contributed by atoms with van der Waals surface area (Å²) in [5.41, 5.74) is 9.32. The van der Waals surface area contributed by atoms with Crippen molar-refractivity contribution in [3.05, 3.63) is 58.4 Å². The lowest BCUT2D eigenvalue weighted by atomic mass is 10.1. The molecule has 2 aromatic rings. The Kier molecular flexibility index (Phi) is 4.35. The number of thiocarbonyl (C=S) groups is 1. The summed E-state index contributed by atoms with van der Waals surface area (Å²) in [6.07, 6.45) is 1.77. The smallest absolute Gasteiger partial charge is 0.107 e. The predicted molar refractivity (Wildman–Crippen MR) is 83.6 cm³/mol. The summed E-state index contributed by atoms with van der Waals surface area (Å²) >= 11 is 11.1. The zero-order chi connectivity index (χ0) is 13.8. The van der Waals surface area contributed by atoms with E-state index in [1.807, 2.05) is 31.2 Å². The number of nitrogens with one attached hydrogen (secondary N) is 1. The van der Waals surface area contributed by atoms with Crippen molar-refractivity contribution in [2.45, 2.75) is 13.5 Å². The molecular weight excluding hydrogens is 278 g/mol. The summed E-state index contributed by atoms with van der Waals surface area (Å²) < 4.78 is 0. The standard InChI is InChI=1S/C14H14ClN3S/c1-9-4-3-7-17-12(9)8-18-11-6-2-5-10(15)13(11)14(16)19/h2-7,18H,8H2,1H3,(H2,16,19). The number of aromatic nitrogens is 1. The third kappa shape index (κ3) is 3.22. The Morgan fingerprint density at radius 3 is 2.84 bits per heavy atom. The fraction of sp³-hybridized carbons (Fsp3) is 0.143.